The molecule has 0 saturated heterocycles. The molecular weight excluding hydrogens is 275 g/mol. The van der Waals surface area contributed by atoms with E-state index in [0.717, 1.165) is 5.56 Å². The van der Waals surface area contributed by atoms with Crippen molar-refractivity contribution in [3.05, 3.63) is 34.1 Å². The third kappa shape index (κ3) is 1.82. The maximum Gasteiger partial charge on any atom is 0.225 e. The van der Waals surface area contributed by atoms with E-state index in [0.29, 0.717) is 28.0 Å². The van der Waals surface area contributed by atoms with E-state index in [1.165, 1.54) is 6.07 Å². The number of anilines is 1. The van der Waals surface area contributed by atoms with E-state index >= 15 is 0 Å². The van der Waals surface area contributed by atoms with Crippen LogP contribution < -0.4 is 5.73 Å². The highest BCUT2D eigenvalue weighted by Gasteiger charge is 2.14. The van der Waals surface area contributed by atoms with Crippen LogP contribution >= 0.6 is 15.9 Å². The van der Waals surface area contributed by atoms with E-state index < -0.39 is 0 Å². The lowest BCUT2D eigenvalue weighted by Crippen LogP contribution is -1.90. The van der Waals surface area contributed by atoms with Gasteiger partial charge >= 0.3 is 0 Å². The average Bonchev–Trinajstić information content (AvgIpc) is 2.63. The molecule has 0 aliphatic rings. The maximum atomic E-state index is 13.4. The first-order valence-corrected chi connectivity index (χ1v) is 5.62. The van der Waals surface area contributed by atoms with Crippen LogP contribution in [-0.4, -0.2) is 5.16 Å². The summed E-state index contributed by atoms with van der Waals surface area (Å²) in [5, 5.41) is 3.85. The van der Waals surface area contributed by atoms with E-state index in [1.807, 2.05) is 6.92 Å². The molecule has 0 unspecified atom stereocenters. The molecule has 0 bridgehead atoms. The van der Waals surface area contributed by atoms with Crippen LogP contribution in [0, 0.1) is 5.82 Å². The maximum absolute atomic E-state index is 13.4. The molecule has 0 fully saturated rings. The summed E-state index contributed by atoms with van der Waals surface area (Å²) in [5.41, 5.74) is 7.70. The molecule has 2 aromatic rings. The molecule has 0 saturated carbocycles. The van der Waals surface area contributed by atoms with E-state index in [-0.39, 0.29) is 5.82 Å². The highest BCUT2D eigenvalue weighted by Crippen LogP contribution is 2.29. The van der Waals surface area contributed by atoms with Gasteiger partial charge < -0.3 is 10.3 Å². The number of benzene rings is 1. The number of hydrogen-bond donors (Lipinski definition) is 1. The Labute approximate surface area is 101 Å². The van der Waals surface area contributed by atoms with Crippen LogP contribution in [0.15, 0.2) is 27.2 Å². The van der Waals surface area contributed by atoms with Crippen LogP contribution in [0.3, 0.4) is 0 Å². The molecule has 0 aliphatic heterocycles. The Hall–Kier alpha value is -1.36. The normalized spacial score (nSPS) is 10.7. The van der Waals surface area contributed by atoms with Crippen molar-refractivity contribution in [1.29, 1.82) is 0 Å². The summed E-state index contributed by atoms with van der Waals surface area (Å²) in [5.74, 6) is -0.0399. The van der Waals surface area contributed by atoms with Crippen LogP contribution in [-0.2, 0) is 6.42 Å². The van der Waals surface area contributed by atoms with E-state index in [2.05, 4.69) is 21.1 Å². The molecule has 0 atom stereocenters. The predicted molar refractivity (Wildman–Crippen MR) is 63.4 cm³/mol. The Balaban J connectivity index is 2.54. The van der Waals surface area contributed by atoms with Crippen molar-refractivity contribution in [2.75, 3.05) is 5.73 Å². The molecule has 0 aliphatic carbocycles. The van der Waals surface area contributed by atoms with Gasteiger partial charge in [-0.3, -0.25) is 0 Å². The second-order valence-electron chi connectivity index (χ2n) is 3.36. The lowest BCUT2D eigenvalue weighted by molar-refractivity contribution is 0.438. The summed E-state index contributed by atoms with van der Waals surface area (Å²) in [6.45, 7) is 1.95. The predicted octanol–water partition coefficient (Wildman–Crippen LogP) is 3.39. The summed E-state index contributed by atoms with van der Waals surface area (Å²) >= 11 is 3.10. The van der Waals surface area contributed by atoms with Crippen molar-refractivity contribution in [1.82, 2.24) is 5.16 Å². The summed E-state index contributed by atoms with van der Waals surface area (Å²) in [7, 11) is 0. The van der Waals surface area contributed by atoms with E-state index in [1.54, 1.807) is 12.1 Å². The zero-order valence-electron chi connectivity index (χ0n) is 8.63. The number of halogens is 2. The Kier molecular flexibility index (Phi) is 2.96. The first kappa shape index (κ1) is 11.1. The fourth-order valence-electron chi connectivity index (χ4n) is 1.53. The second kappa shape index (κ2) is 4.25. The van der Waals surface area contributed by atoms with Crippen LogP contribution in [0.1, 0.15) is 12.5 Å². The highest BCUT2D eigenvalue weighted by atomic mass is 79.9. The van der Waals surface area contributed by atoms with E-state index in [4.69, 9.17) is 10.3 Å². The van der Waals surface area contributed by atoms with E-state index in [9.17, 15) is 4.39 Å². The Morgan fingerprint density at radius 3 is 2.88 bits per heavy atom. The zero-order valence-corrected chi connectivity index (χ0v) is 10.2. The number of nitrogens with two attached hydrogens (primary N) is 1. The third-order valence-electron chi connectivity index (χ3n) is 2.37. The number of nitrogens with zero attached hydrogens (tertiary/aromatic N) is 1. The van der Waals surface area contributed by atoms with Gasteiger partial charge in [0, 0.05) is 11.1 Å². The van der Waals surface area contributed by atoms with Crippen LogP contribution in [0.25, 0.3) is 11.3 Å². The average molecular weight is 285 g/mol. The summed E-state index contributed by atoms with van der Waals surface area (Å²) in [6.07, 6.45) is 0.697. The number of rotatable bonds is 2. The van der Waals surface area contributed by atoms with Crippen molar-refractivity contribution in [3.8, 4) is 11.3 Å². The molecule has 0 spiro atoms. The second-order valence-corrected chi connectivity index (χ2v) is 4.21. The molecule has 2 N–H and O–H groups in total. The SMILES string of the molecule is CCc1c(-c2ccc(Br)c(F)c2)noc1N. The van der Waals surface area contributed by atoms with Gasteiger partial charge in [-0.25, -0.2) is 4.39 Å². The fourth-order valence-corrected chi connectivity index (χ4v) is 1.78. The molecule has 5 heteroatoms. The monoisotopic (exact) mass is 284 g/mol. The molecule has 16 heavy (non-hydrogen) atoms. The van der Waals surface area contributed by atoms with Gasteiger partial charge in [0.05, 0.1) is 4.47 Å². The Bertz CT molecular complexity index is 525. The summed E-state index contributed by atoms with van der Waals surface area (Å²) in [6, 6.07) is 4.80. The molecule has 0 amide bonds. The molecule has 1 heterocycles. The molecule has 84 valence electrons. The minimum absolute atomic E-state index is 0.292. The van der Waals surface area contributed by atoms with Crippen LogP contribution in [0.5, 0.6) is 0 Å². The lowest BCUT2D eigenvalue weighted by atomic mass is 10.1. The first-order chi connectivity index (χ1) is 7.63. The smallest absolute Gasteiger partial charge is 0.225 e. The van der Waals surface area contributed by atoms with Gasteiger partial charge in [0.2, 0.25) is 5.88 Å². The first-order valence-electron chi connectivity index (χ1n) is 4.83. The van der Waals surface area contributed by atoms with Crippen molar-refractivity contribution in [2.45, 2.75) is 13.3 Å². The van der Waals surface area contributed by atoms with Gasteiger partial charge in [-0.15, -0.1) is 0 Å². The standard InChI is InChI=1S/C11H10BrFN2O/c1-2-7-10(15-16-11(7)14)6-3-4-8(12)9(13)5-6/h3-5H,2,14H2,1H3. The quantitative estimate of drug-likeness (QED) is 0.920. The zero-order chi connectivity index (χ0) is 11.7. The van der Waals surface area contributed by atoms with Crippen LogP contribution in [0.4, 0.5) is 10.3 Å². The minimum Gasteiger partial charge on any atom is -0.367 e. The Morgan fingerprint density at radius 2 is 2.25 bits per heavy atom. The highest BCUT2D eigenvalue weighted by molar-refractivity contribution is 9.10. The molecule has 0 radical (unpaired) electrons. The van der Waals surface area contributed by atoms with Gasteiger partial charge in [-0.05, 0) is 34.5 Å². The fraction of sp³-hybridized carbons (Fsp3) is 0.182. The largest absolute Gasteiger partial charge is 0.367 e. The van der Waals surface area contributed by atoms with Crippen molar-refractivity contribution in [3.63, 3.8) is 0 Å². The van der Waals surface area contributed by atoms with Gasteiger partial charge in [0.1, 0.15) is 11.5 Å². The molecule has 3 nitrogen and oxygen atoms in total. The van der Waals surface area contributed by atoms with Gasteiger partial charge in [-0.2, -0.15) is 0 Å². The van der Waals surface area contributed by atoms with Crippen molar-refractivity contribution < 1.29 is 8.91 Å². The third-order valence-corrected chi connectivity index (χ3v) is 3.01. The van der Waals surface area contributed by atoms with Gasteiger partial charge in [0.25, 0.3) is 0 Å². The van der Waals surface area contributed by atoms with Crippen molar-refractivity contribution >= 4 is 21.8 Å². The molecule has 1 aromatic carbocycles. The summed E-state index contributed by atoms with van der Waals surface area (Å²) < 4.78 is 18.7. The number of nitrogen functional groups attached to an aromatic ring is 1. The Morgan fingerprint density at radius 1 is 1.50 bits per heavy atom. The van der Waals surface area contributed by atoms with Crippen molar-refractivity contribution in [2.24, 2.45) is 0 Å². The minimum atomic E-state index is -0.332. The number of hydrogen-bond acceptors (Lipinski definition) is 3. The molecule has 2 rings (SSSR count). The summed E-state index contributed by atoms with van der Waals surface area (Å²) in [4.78, 5) is 0. The number of aromatic nitrogens is 1. The van der Waals surface area contributed by atoms with Crippen LogP contribution in [0.2, 0.25) is 0 Å². The topological polar surface area (TPSA) is 52.0 Å². The van der Waals surface area contributed by atoms with Gasteiger partial charge in [-0.1, -0.05) is 18.1 Å². The lowest BCUT2D eigenvalue weighted by Gasteiger charge is -2.00. The molecule has 1 aromatic heterocycles. The van der Waals surface area contributed by atoms with Gasteiger partial charge in [0.15, 0.2) is 0 Å². The molecular formula is C11H10BrFN2O.